The average molecular weight is 371 g/mol. The summed E-state index contributed by atoms with van der Waals surface area (Å²) in [6, 6.07) is 3.69. The lowest BCUT2D eigenvalue weighted by Gasteiger charge is -2.33. The van der Waals surface area contributed by atoms with Gasteiger partial charge in [0.15, 0.2) is 6.61 Å². The van der Waals surface area contributed by atoms with Crippen LogP contribution in [0.25, 0.3) is 0 Å². The molecule has 22 heavy (non-hydrogen) atoms. The molecule has 2 aliphatic rings. The number of fused-ring (bicyclic) bond motifs is 1. The number of hydrogen-bond donors (Lipinski definition) is 0. The Morgan fingerprint density at radius 1 is 1.27 bits per heavy atom. The largest absolute Gasteiger partial charge is 0.495 e. The highest BCUT2D eigenvalue weighted by Crippen LogP contribution is 2.40. The number of anilines is 1. The smallest absolute Gasteiger partial charge is 0.265 e. The molecule has 0 bridgehead atoms. The fourth-order valence-electron chi connectivity index (χ4n) is 2.67. The topological polar surface area (TPSA) is 51.2 Å². The van der Waals surface area contributed by atoms with Gasteiger partial charge in [0.05, 0.1) is 30.5 Å². The van der Waals surface area contributed by atoms with Gasteiger partial charge in [-0.15, -0.1) is 0 Å². The first-order valence-electron chi connectivity index (χ1n) is 7.30. The van der Waals surface area contributed by atoms with E-state index < -0.39 is 0 Å². The van der Waals surface area contributed by atoms with Gasteiger partial charge >= 0.3 is 0 Å². The van der Waals surface area contributed by atoms with E-state index in [-0.39, 0.29) is 12.5 Å². The number of methoxy groups -OCH3 is 1. The minimum atomic E-state index is -0.0230. The molecule has 7 heteroatoms. The fourth-order valence-corrected chi connectivity index (χ4v) is 3.15. The van der Waals surface area contributed by atoms with E-state index in [0.717, 1.165) is 43.0 Å². The highest BCUT2D eigenvalue weighted by atomic mass is 79.9. The highest BCUT2D eigenvalue weighted by molar-refractivity contribution is 9.10. The number of nitrogens with zero attached hydrogens (tertiary/aromatic N) is 2. The Kier molecular flexibility index (Phi) is 4.85. The SMILES string of the molecule is COc1cc2c(cc1Br)OCC(=O)N2CCN1CCOCC1. The van der Waals surface area contributed by atoms with E-state index in [4.69, 9.17) is 14.2 Å². The van der Waals surface area contributed by atoms with Crippen LogP contribution in [0.15, 0.2) is 16.6 Å². The normalized spacial score (nSPS) is 18.8. The number of carbonyl (C=O) groups excluding carboxylic acids is 1. The third-order valence-electron chi connectivity index (χ3n) is 3.92. The quantitative estimate of drug-likeness (QED) is 0.803. The molecule has 1 amide bonds. The summed E-state index contributed by atoms with van der Waals surface area (Å²) >= 11 is 3.44. The van der Waals surface area contributed by atoms with Crippen molar-refractivity contribution in [2.75, 3.05) is 58.0 Å². The molecule has 1 aromatic carbocycles. The summed E-state index contributed by atoms with van der Waals surface area (Å²) in [6.45, 7) is 4.88. The van der Waals surface area contributed by atoms with Crippen LogP contribution in [-0.4, -0.2) is 63.9 Å². The van der Waals surface area contributed by atoms with E-state index in [0.29, 0.717) is 18.0 Å². The van der Waals surface area contributed by atoms with Gasteiger partial charge in [-0.05, 0) is 15.9 Å². The Morgan fingerprint density at radius 2 is 2.05 bits per heavy atom. The molecule has 0 N–H and O–H groups in total. The number of ether oxygens (including phenoxy) is 3. The predicted octanol–water partition coefficient (Wildman–Crippen LogP) is 1.52. The Bertz CT molecular complexity index is 561. The molecular formula is C15H19BrN2O4. The number of halogens is 1. The summed E-state index contributed by atoms with van der Waals surface area (Å²) in [4.78, 5) is 16.3. The monoisotopic (exact) mass is 370 g/mol. The van der Waals surface area contributed by atoms with Crippen molar-refractivity contribution in [2.45, 2.75) is 0 Å². The van der Waals surface area contributed by atoms with Crippen LogP contribution in [0.1, 0.15) is 0 Å². The Hall–Kier alpha value is -1.31. The second kappa shape index (κ2) is 6.85. The summed E-state index contributed by atoms with van der Waals surface area (Å²) in [5.41, 5.74) is 0.768. The van der Waals surface area contributed by atoms with Crippen molar-refractivity contribution in [1.29, 1.82) is 0 Å². The summed E-state index contributed by atoms with van der Waals surface area (Å²) in [7, 11) is 1.61. The van der Waals surface area contributed by atoms with Crippen LogP contribution < -0.4 is 14.4 Å². The molecule has 2 aliphatic heterocycles. The fraction of sp³-hybridized carbons (Fsp3) is 0.533. The van der Waals surface area contributed by atoms with E-state index in [1.54, 1.807) is 12.0 Å². The van der Waals surface area contributed by atoms with Gasteiger partial charge in [-0.25, -0.2) is 0 Å². The van der Waals surface area contributed by atoms with Crippen LogP contribution >= 0.6 is 15.9 Å². The highest BCUT2D eigenvalue weighted by Gasteiger charge is 2.27. The van der Waals surface area contributed by atoms with Crippen molar-refractivity contribution in [1.82, 2.24) is 4.90 Å². The molecule has 0 saturated carbocycles. The third-order valence-corrected chi connectivity index (χ3v) is 4.54. The maximum absolute atomic E-state index is 12.2. The first kappa shape index (κ1) is 15.6. The lowest BCUT2D eigenvalue weighted by atomic mass is 10.2. The number of benzene rings is 1. The van der Waals surface area contributed by atoms with E-state index in [1.165, 1.54) is 0 Å². The third kappa shape index (κ3) is 3.21. The molecule has 0 aromatic heterocycles. The van der Waals surface area contributed by atoms with Gasteiger partial charge in [-0.1, -0.05) is 0 Å². The van der Waals surface area contributed by atoms with Gasteiger partial charge < -0.3 is 19.1 Å². The van der Waals surface area contributed by atoms with Crippen molar-refractivity contribution in [3.8, 4) is 11.5 Å². The number of carbonyl (C=O) groups is 1. The molecule has 3 rings (SSSR count). The first-order valence-corrected chi connectivity index (χ1v) is 8.09. The molecule has 6 nitrogen and oxygen atoms in total. The number of rotatable bonds is 4. The summed E-state index contributed by atoms with van der Waals surface area (Å²) in [6.07, 6.45) is 0. The van der Waals surface area contributed by atoms with Crippen LogP contribution in [-0.2, 0) is 9.53 Å². The van der Waals surface area contributed by atoms with Gasteiger partial charge in [0.2, 0.25) is 0 Å². The lowest BCUT2D eigenvalue weighted by Crippen LogP contribution is -2.45. The molecular weight excluding hydrogens is 352 g/mol. The second-order valence-electron chi connectivity index (χ2n) is 5.24. The van der Waals surface area contributed by atoms with Crippen molar-refractivity contribution in [3.63, 3.8) is 0 Å². The van der Waals surface area contributed by atoms with E-state index in [2.05, 4.69) is 20.8 Å². The molecule has 2 heterocycles. The van der Waals surface area contributed by atoms with Gasteiger partial charge in [-0.3, -0.25) is 9.69 Å². The van der Waals surface area contributed by atoms with E-state index >= 15 is 0 Å². The van der Waals surface area contributed by atoms with Crippen molar-refractivity contribution >= 4 is 27.5 Å². The van der Waals surface area contributed by atoms with Crippen LogP contribution in [0.2, 0.25) is 0 Å². The maximum Gasteiger partial charge on any atom is 0.265 e. The van der Waals surface area contributed by atoms with Gasteiger partial charge in [0.1, 0.15) is 11.5 Å². The number of hydrogen-bond acceptors (Lipinski definition) is 5. The van der Waals surface area contributed by atoms with E-state index in [9.17, 15) is 4.79 Å². The second-order valence-corrected chi connectivity index (χ2v) is 6.10. The molecule has 1 aromatic rings. The zero-order valence-corrected chi connectivity index (χ0v) is 14.1. The van der Waals surface area contributed by atoms with Gasteiger partial charge in [-0.2, -0.15) is 0 Å². The predicted molar refractivity (Wildman–Crippen MR) is 85.8 cm³/mol. The number of amides is 1. The van der Waals surface area contributed by atoms with Crippen LogP contribution in [0.4, 0.5) is 5.69 Å². The molecule has 1 fully saturated rings. The molecule has 1 saturated heterocycles. The summed E-state index contributed by atoms with van der Waals surface area (Å²) < 4.78 is 17.0. The average Bonchev–Trinajstić information content (AvgIpc) is 2.54. The lowest BCUT2D eigenvalue weighted by molar-refractivity contribution is -0.121. The molecule has 0 radical (unpaired) electrons. The van der Waals surface area contributed by atoms with Crippen molar-refractivity contribution < 1.29 is 19.0 Å². The van der Waals surface area contributed by atoms with Crippen LogP contribution in [0.5, 0.6) is 11.5 Å². The van der Waals surface area contributed by atoms with Crippen LogP contribution in [0.3, 0.4) is 0 Å². The minimum Gasteiger partial charge on any atom is -0.495 e. The molecule has 0 atom stereocenters. The van der Waals surface area contributed by atoms with Crippen molar-refractivity contribution in [2.24, 2.45) is 0 Å². The summed E-state index contributed by atoms with van der Waals surface area (Å²) in [5, 5.41) is 0. The van der Waals surface area contributed by atoms with E-state index in [1.807, 2.05) is 12.1 Å². The van der Waals surface area contributed by atoms with Gasteiger partial charge in [0.25, 0.3) is 5.91 Å². The minimum absolute atomic E-state index is 0.0230. The zero-order chi connectivity index (χ0) is 15.5. The Balaban J connectivity index is 1.77. The molecule has 0 spiro atoms. The Morgan fingerprint density at radius 3 is 2.77 bits per heavy atom. The maximum atomic E-state index is 12.2. The van der Waals surface area contributed by atoms with Crippen LogP contribution in [0, 0.1) is 0 Å². The molecule has 120 valence electrons. The molecule has 0 unspecified atom stereocenters. The first-order chi connectivity index (χ1) is 10.7. The number of morpholine rings is 1. The Labute approximate surface area is 138 Å². The standard InChI is InChI=1S/C15H19BrN2O4/c1-20-13-9-12-14(8-11(13)16)22-10-15(19)18(12)3-2-17-4-6-21-7-5-17/h8-9H,2-7,10H2,1H3. The van der Waals surface area contributed by atoms with Crippen molar-refractivity contribution in [3.05, 3.63) is 16.6 Å². The zero-order valence-electron chi connectivity index (χ0n) is 12.5. The summed E-state index contributed by atoms with van der Waals surface area (Å²) in [5.74, 6) is 1.37. The van der Waals surface area contributed by atoms with Gasteiger partial charge in [0, 0.05) is 38.3 Å². The molecule has 0 aliphatic carbocycles.